The molecule has 4 rings (SSSR count). The first kappa shape index (κ1) is 17.4. The van der Waals surface area contributed by atoms with Crippen LogP contribution in [0.2, 0.25) is 0 Å². The highest BCUT2D eigenvalue weighted by atomic mass is 19.1. The van der Waals surface area contributed by atoms with E-state index in [1.807, 2.05) is 0 Å². The highest BCUT2D eigenvalue weighted by Gasteiger charge is 2.32. The number of alkyl halides is 1. The van der Waals surface area contributed by atoms with E-state index in [0.29, 0.717) is 35.5 Å². The van der Waals surface area contributed by atoms with Crippen LogP contribution in [0.1, 0.15) is 27.3 Å². The Kier molecular flexibility index (Phi) is 4.29. The Morgan fingerprint density at radius 1 is 1.41 bits per heavy atom. The van der Waals surface area contributed by atoms with E-state index in [1.54, 1.807) is 17.9 Å². The van der Waals surface area contributed by atoms with E-state index in [-0.39, 0.29) is 37.4 Å². The lowest BCUT2D eigenvalue weighted by Gasteiger charge is -2.27. The summed E-state index contributed by atoms with van der Waals surface area (Å²) in [6, 6.07) is 4.01. The molecule has 27 heavy (non-hydrogen) atoms. The van der Waals surface area contributed by atoms with Crippen molar-refractivity contribution in [3.63, 3.8) is 0 Å². The predicted octanol–water partition coefficient (Wildman–Crippen LogP) is 2.00. The molecule has 9 heteroatoms. The molecule has 0 bridgehead atoms. The molecule has 2 aliphatic heterocycles. The second-order valence-electron chi connectivity index (χ2n) is 6.83. The zero-order valence-corrected chi connectivity index (χ0v) is 14.8. The van der Waals surface area contributed by atoms with Crippen molar-refractivity contribution >= 4 is 17.6 Å². The Morgan fingerprint density at radius 3 is 3.00 bits per heavy atom. The highest BCUT2D eigenvalue weighted by Crippen LogP contribution is 2.25. The van der Waals surface area contributed by atoms with Crippen molar-refractivity contribution in [1.82, 2.24) is 20.0 Å². The van der Waals surface area contributed by atoms with Crippen LogP contribution in [0.5, 0.6) is 0 Å². The van der Waals surface area contributed by atoms with Gasteiger partial charge < -0.3 is 15.5 Å². The molecule has 1 aromatic carbocycles. The topological polar surface area (TPSA) is 79.3 Å². The number of rotatable bonds is 1. The van der Waals surface area contributed by atoms with Gasteiger partial charge in [0.1, 0.15) is 17.7 Å². The summed E-state index contributed by atoms with van der Waals surface area (Å²) >= 11 is 0. The van der Waals surface area contributed by atoms with Crippen LogP contribution in [-0.4, -0.2) is 45.9 Å². The highest BCUT2D eigenvalue weighted by molar-refractivity contribution is 5.95. The van der Waals surface area contributed by atoms with Crippen LogP contribution < -0.4 is 10.6 Å². The van der Waals surface area contributed by atoms with Crippen LogP contribution >= 0.6 is 0 Å². The number of carbonyl (C=O) groups excluding carboxylic acids is 2. The van der Waals surface area contributed by atoms with Crippen molar-refractivity contribution in [2.75, 3.05) is 18.4 Å². The number of benzene rings is 1. The first-order valence-electron chi connectivity index (χ1n) is 8.75. The zero-order valence-electron chi connectivity index (χ0n) is 14.8. The number of anilines is 1. The van der Waals surface area contributed by atoms with Crippen LogP contribution in [0.25, 0.3) is 0 Å². The van der Waals surface area contributed by atoms with Gasteiger partial charge in [-0.2, -0.15) is 5.10 Å². The molecule has 3 heterocycles. The summed E-state index contributed by atoms with van der Waals surface area (Å²) in [5.41, 5.74) is 2.62. The lowest BCUT2D eigenvalue weighted by atomic mass is 10.1. The lowest BCUT2D eigenvalue weighted by Crippen LogP contribution is -2.39. The lowest BCUT2D eigenvalue weighted by molar-refractivity contribution is 0.0943. The van der Waals surface area contributed by atoms with Gasteiger partial charge in [0.2, 0.25) is 0 Å². The smallest absolute Gasteiger partial charge is 0.322 e. The maximum atomic E-state index is 13.8. The van der Waals surface area contributed by atoms with E-state index in [1.165, 1.54) is 16.8 Å². The number of amides is 3. The second-order valence-corrected chi connectivity index (χ2v) is 6.83. The van der Waals surface area contributed by atoms with E-state index in [4.69, 9.17) is 0 Å². The van der Waals surface area contributed by atoms with Gasteiger partial charge in [-0.25, -0.2) is 13.6 Å². The molecule has 0 fully saturated rings. The van der Waals surface area contributed by atoms with Gasteiger partial charge in [0.05, 0.1) is 25.3 Å². The third kappa shape index (κ3) is 3.24. The Balaban J connectivity index is 1.55. The molecule has 2 aliphatic rings. The summed E-state index contributed by atoms with van der Waals surface area (Å²) in [4.78, 5) is 26.5. The first-order chi connectivity index (χ1) is 12.9. The minimum Gasteiger partial charge on any atom is -0.348 e. The van der Waals surface area contributed by atoms with Crippen LogP contribution in [0.4, 0.5) is 19.3 Å². The van der Waals surface area contributed by atoms with Crippen LogP contribution in [0.3, 0.4) is 0 Å². The van der Waals surface area contributed by atoms with Gasteiger partial charge in [-0.1, -0.05) is 0 Å². The van der Waals surface area contributed by atoms with E-state index < -0.39 is 6.17 Å². The van der Waals surface area contributed by atoms with Gasteiger partial charge in [-0.3, -0.25) is 9.48 Å². The molecule has 0 saturated carbocycles. The number of carbonyl (C=O) groups is 2. The molecule has 0 aliphatic carbocycles. The number of nitrogens with zero attached hydrogens (tertiary/aromatic N) is 3. The van der Waals surface area contributed by atoms with Gasteiger partial charge in [-0.15, -0.1) is 0 Å². The van der Waals surface area contributed by atoms with E-state index in [9.17, 15) is 18.4 Å². The van der Waals surface area contributed by atoms with E-state index in [0.717, 1.165) is 5.69 Å². The zero-order chi connectivity index (χ0) is 19.1. The Labute approximate surface area is 154 Å². The monoisotopic (exact) mass is 375 g/mol. The molecule has 0 saturated heterocycles. The predicted molar refractivity (Wildman–Crippen MR) is 93.7 cm³/mol. The van der Waals surface area contributed by atoms with Gasteiger partial charge in [0.25, 0.3) is 5.91 Å². The van der Waals surface area contributed by atoms with Crippen molar-refractivity contribution < 1.29 is 18.4 Å². The molecular formula is C18H19F2N5O2. The van der Waals surface area contributed by atoms with Crippen LogP contribution in [0, 0.1) is 12.7 Å². The van der Waals surface area contributed by atoms with Crippen molar-refractivity contribution in [2.45, 2.75) is 32.6 Å². The second kappa shape index (κ2) is 6.64. The molecular weight excluding hydrogens is 356 g/mol. The average Bonchev–Trinajstić information content (AvgIpc) is 2.92. The van der Waals surface area contributed by atoms with Crippen molar-refractivity contribution in [3.8, 4) is 0 Å². The maximum Gasteiger partial charge on any atom is 0.322 e. The molecule has 1 unspecified atom stereocenters. The third-order valence-electron chi connectivity index (χ3n) is 4.87. The number of urea groups is 1. The molecule has 1 aromatic heterocycles. The Morgan fingerprint density at radius 2 is 2.22 bits per heavy atom. The molecule has 2 N–H and O–H groups in total. The number of halogens is 2. The van der Waals surface area contributed by atoms with Crippen molar-refractivity contribution in [3.05, 3.63) is 46.5 Å². The fraction of sp³-hybridized carbons (Fsp3) is 0.389. The number of fused-ring (bicyclic) bond motifs is 3. The number of aryl methyl sites for hydroxylation is 1. The normalized spacial score (nSPS) is 19.0. The number of hydrogen-bond donors (Lipinski definition) is 2. The number of aromatic nitrogens is 2. The number of nitrogens with one attached hydrogen (secondary N) is 2. The molecule has 3 amide bonds. The van der Waals surface area contributed by atoms with E-state index >= 15 is 0 Å². The Hall–Kier alpha value is -2.97. The summed E-state index contributed by atoms with van der Waals surface area (Å²) in [5.74, 6) is -0.712. The molecule has 0 spiro atoms. The third-order valence-corrected chi connectivity index (χ3v) is 4.87. The largest absolute Gasteiger partial charge is 0.348 e. The maximum absolute atomic E-state index is 13.8. The van der Waals surface area contributed by atoms with E-state index in [2.05, 4.69) is 15.7 Å². The summed E-state index contributed by atoms with van der Waals surface area (Å²) in [5, 5.41) is 9.67. The van der Waals surface area contributed by atoms with Crippen molar-refractivity contribution in [1.29, 1.82) is 0 Å². The SMILES string of the molecule is Cc1cc(NC(=O)N2CCc3nn4c(c3C2)C(=O)NCC(F)C4)ccc1F. The number of hydrogen-bond acceptors (Lipinski definition) is 3. The minimum absolute atomic E-state index is 0.0160. The summed E-state index contributed by atoms with van der Waals surface area (Å²) < 4.78 is 28.6. The van der Waals surface area contributed by atoms with Gasteiger partial charge in [0.15, 0.2) is 0 Å². The van der Waals surface area contributed by atoms with Crippen molar-refractivity contribution in [2.24, 2.45) is 0 Å². The van der Waals surface area contributed by atoms with Crippen LogP contribution in [0.15, 0.2) is 18.2 Å². The summed E-state index contributed by atoms with van der Waals surface area (Å²) in [6.45, 7) is 2.22. The molecule has 0 radical (unpaired) electrons. The standard InChI is InChI=1S/C18H19F2N5O2/c1-10-6-12(2-3-14(10)20)22-18(27)24-5-4-15-13(9-24)16-17(26)21-7-11(19)8-25(16)23-15/h2-3,6,11H,4-5,7-9H2,1H3,(H,21,26)(H,22,27). The molecule has 1 atom stereocenters. The summed E-state index contributed by atoms with van der Waals surface area (Å²) in [7, 11) is 0. The fourth-order valence-electron chi connectivity index (χ4n) is 3.45. The molecule has 7 nitrogen and oxygen atoms in total. The van der Waals surface area contributed by atoms with Crippen LogP contribution in [-0.2, 0) is 19.5 Å². The fourth-order valence-corrected chi connectivity index (χ4v) is 3.45. The first-order valence-corrected chi connectivity index (χ1v) is 8.75. The van der Waals surface area contributed by atoms with Gasteiger partial charge in [-0.05, 0) is 30.7 Å². The molecule has 2 aromatic rings. The summed E-state index contributed by atoms with van der Waals surface area (Å²) in [6.07, 6.45) is -0.715. The average molecular weight is 375 g/mol. The minimum atomic E-state index is -1.20. The Bertz CT molecular complexity index is 927. The van der Waals surface area contributed by atoms with Gasteiger partial charge >= 0.3 is 6.03 Å². The van der Waals surface area contributed by atoms with Gasteiger partial charge in [0, 0.05) is 24.2 Å². The quantitative estimate of drug-likeness (QED) is 0.800. The molecule has 142 valence electrons.